The average Bonchev–Trinajstić information content (AvgIpc) is 2.87. The number of sulfonamides is 1. The third kappa shape index (κ3) is 2.84. The standard InChI is InChI=1S/C14H10FN5O2S/c1-9-6-18-20-8-12(7-17-14(9)20)19-23(21,22)13-3-10(5-16)2-11(15)4-13/h2-4,6-8,19H,1H3. The number of halogens is 1. The molecule has 2 heterocycles. The fourth-order valence-corrected chi connectivity index (χ4v) is 3.13. The first-order chi connectivity index (χ1) is 10.9. The SMILES string of the molecule is Cc1cnn2cc(NS(=O)(=O)c3cc(F)cc(C#N)c3)cnc12. The number of rotatable bonds is 3. The Kier molecular flexibility index (Phi) is 3.46. The maximum Gasteiger partial charge on any atom is 0.262 e. The van der Waals surface area contributed by atoms with Crippen molar-refractivity contribution in [2.45, 2.75) is 11.8 Å². The van der Waals surface area contributed by atoms with Crippen molar-refractivity contribution in [3.8, 4) is 6.07 Å². The van der Waals surface area contributed by atoms with E-state index in [4.69, 9.17) is 5.26 Å². The lowest BCUT2D eigenvalue weighted by Crippen LogP contribution is -2.14. The van der Waals surface area contributed by atoms with Crippen molar-refractivity contribution < 1.29 is 12.8 Å². The summed E-state index contributed by atoms with van der Waals surface area (Å²) >= 11 is 0. The molecule has 116 valence electrons. The average molecular weight is 331 g/mol. The number of hydrogen-bond acceptors (Lipinski definition) is 5. The van der Waals surface area contributed by atoms with E-state index in [2.05, 4.69) is 14.8 Å². The van der Waals surface area contributed by atoms with Crippen LogP contribution in [0.2, 0.25) is 0 Å². The topological polar surface area (TPSA) is 100 Å². The fraction of sp³-hybridized carbons (Fsp3) is 0.0714. The molecular formula is C14H10FN5O2S. The highest BCUT2D eigenvalue weighted by molar-refractivity contribution is 7.92. The van der Waals surface area contributed by atoms with Crippen LogP contribution in [0.1, 0.15) is 11.1 Å². The van der Waals surface area contributed by atoms with Crippen LogP contribution < -0.4 is 4.72 Å². The van der Waals surface area contributed by atoms with E-state index in [1.807, 2.05) is 6.92 Å². The van der Waals surface area contributed by atoms with Crippen LogP contribution in [-0.2, 0) is 10.0 Å². The van der Waals surface area contributed by atoms with E-state index < -0.39 is 15.8 Å². The third-order valence-electron chi connectivity index (χ3n) is 3.10. The van der Waals surface area contributed by atoms with E-state index in [0.29, 0.717) is 5.65 Å². The predicted molar refractivity (Wildman–Crippen MR) is 79.6 cm³/mol. The Morgan fingerprint density at radius 3 is 2.83 bits per heavy atom. The number of nitriles is 1. The van der Waals surface area contributed by atoms with Crippen molar-refractivity contribution in [2.75, 3.05) is 4.72 Å². The Labute approximate surface area is 131 Å². The molecule has 3 aromatic rings. The second kappa shape index (κ2) is 5.33. The Morgan fingerprint density at radius 1 is 1.30 bits per heavy atom. The molecule has 3 rings (SSSR count). The largest absolute Gasteiger partial charge is 0.276 e. The Bertz CT molecular complexity index is 1050. The highest BCUT2D eigenvalue weighted by Gasteiger charge is 2.17. The molecule has 0 fully saturated rings. The van der Waals surface area contributed by atoms with Crippen molar-refractivity contribution in [3.05, 3.63) is 53.7 Å². The molecular weight excluding hydrogens is 321 g/mol. The molecule has 1 aromatic carbocycles. The molecule has 0 amide bonds. The molecule has 0 aliphatic heterocycles. The molecule has 0 aliphatic carbocycles. The van der Waals surface area contributed by atoms with E-state index in [-0.39, 0.29) is 16.1 Å². The lowest BCUT2D eigenvalue weighted by Gasteiger charge is -2.08. The Hall–Kier alpha value is -2.99. The lowest BCUT2D eigenvalue weighted by atomic mass is 10.2. The minimum atomic E-state index is -4.05. The maximum absolute atomic E-state index is 13.4. The highest BCUT2D eigenvalue weighted by atomic mass is 32.2. The lowest BCUT2D eigenvalue weighted by molar-refractivity contribution is 0.595. The van der Waals surface area contributed by atoms with Crippen molar-refractivity contribution in [1.82, 2.24) is 14.6 Å². The van der Waals surface area contributed by atoms with Gasteiger partial charge < -0.3 is 0 Å². The summed E-state index contributed by atoms with van der Waals surface area (Å²) in [6.45, 7) is 1.83. The minimum Gasteiger partial charge on any atom is -0.276 e. The molecule has 1 N–H and O–H groups in total. The van der Waals surface area contributed by atoms with Crippen LogP contribution in [0.4, 0.5) is 10.1 Å². The predicted octanol–water partition coefficient (Wildman–Crippen LogP) is 1.85. The van der Waals surface area contributed by atoms with Gasteiger partial charge in [0.05, 0.1) is 40.8 Å². The normalized spacial score (nSPS) is 11.3. The zero-order chi connectivity index (χ0) is 16.6. The summed E-state index contributed by atoms with van der Waals surface area (Å²) in [6.07, 6.45) is 4.40. The second-order valence-corrected chi connectivity index (χ2v) is 6.51. The van der Waals surface area contributed by atoms with Crippen LogP contribution in [0, 0.1) is 24.1 Å². The molecule has 0 saturated carbocycles. The maximum atomic E-state index is 13.4. The molecule has 0 spiro atoms. The molecule has 0 radical (unpaired) electrons. The van der Waals surface area contributed by atoms with Gasteiger partial charge in [-0.15, -0.1) is 0 Å². The van der Waals surface area contributed by atoms with E-state index >= 15 is 0 Å². The van der Waals surface area contributed by atoms with Gasteiger partial charge in [0, 0.05) is 5.56 Å². The highest BCUT2D eigenvalue weighted by Crippen LogP contribution is 2.19. The Balaban J connectivity index is 1.99. The van der Waals surface area contributed by atoms with E-state index in [1.165, 1.54) is 16.9 Å². The molecule has 9 heteroatoms. The molecule has 0 aliphatic rings. The van der Waals surface area contributed by atoms with Crippen molar-refractivity contribution in [1.29, 1.82) is 5.26 Å². The van der Waals surface area contributed by atoms with Gasteiger partial charge in [0.1, 0.15) is 5.82 Å². The number of aromatic nitrogens is 3. The Morgan fingerprint density at radius 2 is 2.09 bits per heavy atom. The van der Waals surface area contributed by atoms with Crippen LogP contribution in [0.3, 0.4) is 0 Å². The van der Waals surface area contributed by atoms with Crippen LogP contribution in [0.25, 0.3) is 5.65 Å². The van der Waals surface area contributed by atoms with Gasteiger partial charge in [0.2, 0.25) is 0 Å². The summed E-state index contributed by atoms with van der Waals surface area (Å²) in [7, 11) is -4.05. The molecule has 0 bridgehead atoms. The first kappa shape index (κ1) is 14.9. The van der Waals surface area contributed by atoms with Gasteiger partial charge in [-0.3, -0.25) is 4.72 Å². The third-order valence-corrected chi connectivity index (χ3v) is 4.46. The van der Waals surface area contributed by atoms with Gasteiger partial charge in [-0.25, -0.2) is 22.3 Å². The summed E-state index contributed by atoms with van der Waals surface area (Å²) in [5.74, 6) is -0.805. The van der Waals surface area contributed by atoms with Crippen molar-refractivity contribution in [2.24, 2.45) is 0 Å². The number of nitrogens with one attached hydrogen (secondary N) is 1. The number of hydrogen-bond donors (Lipinski definition) is 1. The molecule has 2 aromatic heterocycles. The van der Waals surface area contributed by atoms with Gasteiger partial charge in [-0.05, 0) is 25.1 Å². The summed E-state index contributed by atoms with van der Waals surface area (Å²) in [6, 6.07) is 4.60. The smallest absolute Gasteiger partial charge is 0.262 e. The second-order valence-electron chi connectivity index (χ2n) is 4.83. The van der Waals surface area contributed by atoms with Gasteiger partial charge in [0.15, 0.2) is 5.65 Å². The van der Waals surface area contributed by atoms with Crippen LogP contribution in [0.5, 0.6) is 0 Å². The van der Waals surface area contributed by atoms with Crippen LogP contribution in [-0.4, -0.2) is 23.0 Å². The zero-order valence-corrected chi connectivity index (χ0v) is 12.7. The summed E-state index contributed by atoms with van der Waals surface area (Å²) in [5, 5.41) is 12.8. The van der Waals surface area contributed by atoms with E-state index in [9.17, 15) is 12.8 Å². The number of benzene rings is 1. The first-order valence-corrected chi connectivity index (χ1v) is 7.91. The molecule has 0 unspecified atom stereocenters. The van der Waals surface area contributed by atoms with Gasteiger partial charge in [-0.2, -0.15) is 10.4 Å². The number of fused-ring (bicyclic) bond motifs is 1. The van der Waals surface area contributed by atoms with Crippen molar-refractivity contribution >= 4 is 21.4 Å². The van der Waals surface area contributed by atoms with Gasteiger partial charge in [0.25, 0.3) is 10.0 Å². The van der Waals surface area contributed by atoms with Crippen LogP contribution in [0.15, 0.2) is 41.7 Å². The molecule has 0 atom stereocenters. The number of nitrogens with zero attached hydrogens (tertiary/aromatic N) is 4. The van der Waals surface area contributed by atoms with Crippen molar-refractivity contribution in [3.63, 3.8) is 0 Å². The van der Waals surface area contributed by atoms with Gasteiger partial charge in [-0.1, -0.05) is 0 Å². The zero-order valence-electron chi connectivity index (χ0n) is 11.9. The quantitative estimate of drug-likeness (QED) is 0.789. The van der Waals surface area contributed by atoms with Gasteiger partial charge >= 0.3 is 0 Å². The summed E-state index contributed by atoms with van der Waals surface area (Å²) in [4.78, 5) is 3.78. The monoisotopic (exact) mass is 331 g/mol. The van der Waals surface area contributed by atoms with E-state index in [1.54, 1.807) is 12.3 Å². The summed E-state index contributed by atoms with van der Waals surface area (Å²) < 4.78 is 41.8. The van der Waals surface area contributed by atoms with E-state index in [0.717, 1.165) is 23.8 Å². The molecule has 7 nitrogen and oxygen atoms in total. The molecule has 0 saturated heterocycles. The summed E-state index contributed by atoms with van der Waals surface area (Å²) in [5.41, 5.74) is 1.54. The van der Waals surface area contributed by atoms with Crippen LogP contribution >= 0.6 is 0 Å². The first-order valence-electron chi connectivity index (χ1n) is 6.42. The fourth-order valence-electron chi connectivity index (χ4n) is 2.04. The molecule has 23 heavy (non-hydrogen) atoms. The minimum absolute atomic E-state index is 0.0818. The number of anilines is 1. The number of aryl methyl sites for hydroxylation is 1.